The predicted molar refractivity (Wildman–Crippen MR) is 101 cm³/mol. The van der Waals surface area contributed by atoms with Crippen LogP contribution in [0.3, 0.4) is 0 Å². The normalized spacial score (nSPS) is 21.3. The highest BCUT2D eigenvalue weighted by atomic mass is 32.2. The van der Waals surface area contributed by atoms with Crippen molar-refractivity contribution in [2.45, 2.75) is 42.8 Å². The Morgan fingerprint density at radius 3 is 2.44 bits per heavy atom. The van der Waals surface area contributed by atoms with Crippen LogP contribution in [0.4, 0.5) is 31.1 Å². The molecule has 2 aromatic rings. The van der Waals surface area contributed by atoms with Gasteiger partial charge in [0.15, 0.2) is 0 Å². The first-order chi connectivity index (χ1) is 14.9. The Morgan fingerprint density at radius 2 is 1.81 bits per heavy atom. The van der Waals surface area contributed by atoms with Crippen molar-refractivity contribution in [2.24, 2.45) is 0 Å². The molecule has 2 atom stereocenters. The molecule has 0 radical (unpaired) electrons. The number of alkyl halides is 6. The molecule has 1 aliphatic heterocycles. The smallest absolute Gasteiger partial charge is 0.421 e. The number of carbonyl (C=O) groups is 2. The number of carbonyl (C=O) groups excluding carboxylic acids is 2. The summed E-state index contributed by atoms with van der Waals surface area (Å²) in [5.74, 6) is -1.66. The summed E-state index contributed by atoms with van der Waals surface area (Å²) in [5, 5.41) is 1.21. The number of hydrogen-bond donors (Lipinski definition) is 1. The molecular weight excluding hydrogens is 462 g/mol. The van der Waals surface area contributed by atoms with Gasteiger partial charge in [-0.05, 0) is 48.6 Å². The lowest BCUT2D eigenvalue weighted by Gasteiger charge is -2.28. The van der Waals surface area contributed by atoms with Crippen molar-refractivity contribution in [1.29, 1.82) is 0 Å². The topological polar surface area (TPSA) is 68.3 Å². The number of imide groups is 1. The fraction of sp³-hybridized carbons (Fsp3) is 0.350. The molecule has 170 valence electrons. The van der Waals surface area contributed by atoms with Crippen molar-refractivity contribution >= 4 is 22.9 Å². The van der Waals surface area contributed by atoms with E-state index in [-0.39, 0.29) is 29.8 Å². The summed E-state index contributed by atoms with van der Waals surface area (Å²) < 4.78 is 83.7. The van der Waals surface area contributed by atoms with Crippen molar-refractivity contribution in [3.63, 3.8) is 0 Å². The van der Waals surface area contributed by atoms with Crippen molar-refractivity contribution < 1.29 is 40.7 Å². The van der Waals surface area contributed by atoms with E-state index in [0.29, 0.717) is 19.3 Å². The molecule has 0 saturated carbocycles. The van der Waals surface area contributed by atoms with Crippen LogP contribution in [0, 0.1) is 0 Å². The molecule has 1 aromatic carbocycles. The lowest BCUT2D eigenvalue weighted by molar-refractivity contribution is -0.144. The van der Waals surface area contributed by atoms with Gasteiger partial charge in [-0.3, -0.25) is 14.9 Å². The summed E-state index contributed by atoms with van der Waals surface area (Å²) >= 11 is 0.901. The van der Waals surface area contributed by atoms with E-state index in [1.54, 1.807) is 6.07 Å². The summed E-state index contributed by atoms with van der Waals surface area (Å²) in [6.45, 7) is 0. The van der Waals surface area contributed by atoms with Crippen molar-refractivity contribution in [2.75, 3.05) is 0 Å². The molecule has 1 N–H and O–H groups in total. The molecule has 1 aliphatic carbocycles. The standard InChI is InChI=1S/C20H14F6N2O3S/c21-19(22,23)10-7-14(20(24,25)26)17(27-8-10)31-11-4-5-12-9(6-11)2-1-3-13(12)15-16(29)28-18(30)32-15/h4-8,13,15H,1-3H2,(H,28,29,30)/t13-,15?/m0/s1. The minimum Gasteiger partial charge on any atom is -0.438 e. The number of benzene rings is 1. The maximum atomic E-state index is 13.3. The number of thioether (sulfide) groups is 1. The maximum Gasteiger partial charge on any atom is 0.421 e. The number of fused-ring (bicyclic) bond motifs is 1. The first-order valence-electron chi connectivity index (χ1n) is 9.40. The number of pyridine rings is 1. The van der Waals surface area contributed by atoms with E-state index in [9.17, 15) is 35.9 Å². The van der Waals surface area contributed by atoms with Gasteiger partial charge in [0.2, 0.25) is 11.8 Å². The van der Waals surface area contributed by atoms with Crippen LogP contribution < -0.4 is 10.1 Å². The molecule has 0 bridgehead atoms. The molecule has 1 aromatic heterocycles. The second kappa shape index (κ2) is 7.98. The zero-order chi connectivity index (χ0) is 23.3. The summed E-state index contributed by atoms with van der Waals surface area (Å²) in [5.41, 5.74) is -1.66. The lowest BCUT2D eigenvalue weighted by atomic mass is 9.80. The van der Waals surface area contributed by atoms with E-state index in [1.165, 1.54) is 12.1 Å². The molecule has 5 nitrogen and oxygen atoms in total. The highest BCUT2D eigenvalue weighted by Gasteiger charge is 2.41. The monoisotopic (exact) mass is 476 g/mol. The van der Waals surface area contributed by atoms with Gasteiger partial charge >= 0.3 is 12.4 Å². The lowest BCUT2D eigenvalue weighted by Crippen LogP contribution is -2.30. The maximum absolute atomic E-state index is 13.3. The summed E-state index contributed by atoms with van der Waals surface area (Å²) in [6, 6.07) is 4.42. The summed E-state index contributed by atoms with van der Waals surface area (Å²) in [7, 11) is 0. The molecule has 2 heterocycles. The Bertz CT molecular complexity index is 1090. The molecule has 1 fully saturated rings. The Morgan fingerprint density at radius 1 is 1.06 bits per heavy atom. The number of amides is 2. The van der Waals surface area contributed by atoms with Crippen LogP contribution in [0.15, 0.2) is 30.5 Å². The van der Waals surface area contributed by atoms with Gasteiger partial charge in [-0.15, -0.1) is 0 Å². The number of nitrogens with one attached hydrogen (secondary N) is 1. The van der Waals surface area contributed by atoms with Crippen LogP contribution in [-0.4, -0.2) is 21.4 Å². The minimum absolute atomic E-state index is 0.0261. The van der Waals surface area contributed by atoms with Gasteiger partial charge in [0.25, 0.3) is 5.24 Å². The second-order valence-electron chi connectivity index (χ2n) is 7.35. The SMILES string of the molecule is O=C1NC(=O)C([C@H]2CCCc3cc(Oc4ncc(C(F)(F)F)cc4C(F)(F)F)ccc32)S1. The number of nitrogens with zero attached hydrogens (tertiary/aromatic N) is 1. The van der Waals surface area contributed by atoms with Crippen molar-refractivity contribution in [3.05, 3.63) is 52.7 Å². The molecule has 2 aliphatic rings. The number of aromatic nitrogens is 1. The second-order valence-corrected chi connectivity index (χ2v) is 8.46. The van der Waals surface area contributed by atoms with Gasteiger partial charge in [-0.25, -0.2) is 4.98 Å². The molecule has 12 heteroatoms. The van der Waals surface area contributed by atoms with E-state index in [2.05, 4.69) is 10.3 Å². The Kier molecular flexibility index (Phi) is 5.60. The zero-order valence-electron chi connectivity index (χ0n) is 16.0. The number of aryl methyl sites for hydroxylation is 1. The van der Waals surface area contributed by atoms with Crippen LogP contribution in [0.5, 0.6) is 11.6 Å². The summed E-state index contributed by atoms with van der Waals surface area (Å²) in [6.07, 6.45) is -7.90. The van der Waals surface area contributed by atoms with Gasteiger partial charge in [-0.2, -0.15) is 26.3 Å². The average Bonchev–Trinajstić information content (AvgIpc) is 3.03. The van der Waals surface area contributed by atoms with E-state index in [1.807, 2.05) is 0 Å². The molecule has 2 amide bonds. The zero-order valence-corrected chi connectivity index (χ0v) is 16.8. The third-order valence-electron chi connectivity index (χ3n) is 5.26. The van der Waals surface area contributed by atoms with Gasteiger partial charge in [0, 0.05) is 12.1 Å². The number of halogens is 6. The Hall–Kier alpha value is -2.76. The predicted octanol–water partition coefficient (Wildman–Crippen LogP) is 5.68. The molecule has 1 saturated heterocycles. The number of rotatable bonds is 3. The van der Waals surface area contributed by atoms with E-state index in [0.717, 1.165) is 22.9 Å². The van der Waals surface area contributed by atoms with Gasteiger partial charge < -0.3 is 4.74 Å². The Balaban J connectivity index is 1.64. The van der Waals surface area contributed by atoms with Gasteiger partial charge in [0.1, 0.15) is 16.6 Å². The molecule has 4 rings (SSSR count). The van der Waals surface area contributed by atoms with Crippen molar-refractivity contribution in [1.82, 2.24) is 10.3 Å². The number of hydrogen-bond acceptors (Lipinski definition) is 5. The quantitative estimate of drug-likeness (QED) is 0.577. The van der Waals surface area contributed by atoms with Crippen LogP contribution >= 0.6 is 11.8 Å². The summed E-state index contributed by atoms with van der Waals surface area (Å²) in [4.78, 5) is 26.8. The first-order valence-corrected chi connectivity index (χ1v) is 10.3. The van der Waals surface area contributed by atoms with Crippen molar-refractivity contribution in [3.8, 4) is 11.6 Å². The minimum atomic E-state index is -5.11. The largest absolute Gasteiger partial charge is 0.438 e. The highest BCUT2D eigenvalue weighted by molar-refractivity contribution is 8.15. The van der Waals surface area contributed by atoms with Crippen LogP contribution in [0.1, 0.15) is 41.0 Å². The molecule has 32 heavy (non-hydrogen) atoms. The van der Waals surface area contributed by atoms with E-state index in [4.69, 9.17) is 4.74 Å². The Labute approximate surface area is 181 Å². The van der Waals surface area contributed by atoms with Crippen LogP contribution in [0.2, 0.25) is 0 Å². The third-order valence-corrected chi connectivity index (χ3v) is 6.37. The van der Waals surface area contributed by atoms with Crippen LogP contribution in [-0.2, 0) is 23.6 Å². The van der Waals surface area contributed by atoms with E-state index < -0.39 is 39.8 Å². The van der Waals surface area contributed by atoms with Gasteiger partial charge in [-0.1, -0.05) is 17.8 Å². The number of ether oxygens (including phenoxy) is 1. The first kappa shape index (κ1) is 22.4. The fourth-order valence-electron chi connectivity index (χ4n) is 3.84. The molecule has 0 spiro atoms. The van der Waals surface area contributed by atoms with Gasteiger partial charge in [0.05, 0.1) is 5.56 Å². The average molecular weight is 476 g/mol. The van der Waals surface area contributed by atoms with Crippen LogP contribution in [0.25, 0.3) is 0 Å². The third kappa shape index (κ3) is 4.41. The fourth-order valence-corrected chi connectivity index (χ4v) is 4.85. The molecule has 1 unspecified atom stereocenters. The highest BCUT2D eigenvalue weighted by Crippen LogP contribution is 2.44. The molecular formula is C20H14F6N2O3S. The van der Waals surface area contributed by atoms with E-state index >= 15 is 0 Å².